The van der Waals surface area contributed by atoms with E-state index in [1.54, 1.807) is 36.4 Å². The van der Waals surface area contributed by atoms with Gasteiger partial charge in [0.1, 0.15) is 0 Å². The van der Waals surface area contributed by atoms with E-state index >= 15 is 0 Å². The number of carbonyl (C=O) groups is 3. The normalized spacial score (nSPS) is 11.5. The molecule has 0 radical (unpaired) electrons. The molecule has 0 unspecified atom stereocenters. The summed E-state index contributed by atoms with van der Waals surface area (Å²) in [5, 5.41) is 5.25. The highest BCUT2D eigenvalue weighted by atomic mass is 32.2. The molecule has 0 aliphatic rings. The lowest BCUT2D eigenvalue weighted by Gasteiger charge is -2.12. The number of amides is 2. The summed E-state index contributed by atoms with van der Waals surface area (Å²) in [6.07, 6.45) is 0. The molecule has 0 fully saturated rings. The number of carbonyl (C=O) groups excluding carboxylic acids is 3. The Balaban J connectivity index is 1.93. The molecule has 130 valence electrons. The Morgan fingerprint density at radius 3 is 1.88 bits per heavy atom. The van der Waals surface area contributed by atoms with Crippen molar-refractivity contribution >= 4 is 40.7 Å². The minimum absolute atomic E-state index is 0.00971. The van der Waals surface area contributed by atoms with Gasteiger partial charge in [0.25, 0.3) is 0 Å². The van der Waals surface area contributed by atoms with Crippen LogP contribution in [0.5, 0.6) is 0 Å². The van der Waals surface area contributed by atoms with Crippen LogP contribution in [0.15, 0.2) is 53.4 Å². The Morgan fingerprint density at radius 1 is 0.840 bits per heavy atom. The third kappa shape index (κ3) is 5.76. The van der Waals surface area contributed by atoms with Crippen molar-refractivity contribution in [3.05, 3.63) is 54.1 Å². The number of thioether (sulfide) groups is 1. The van der Waals surface area contributed by atoms with Crippen LogP contribution in [0, 0.1) is 0 Å². The predicted octanol–water partition coefficient (Wildman–Crippen LogP) is 3.97. The molecule has 0 aliphatic heterocycles. The van der Waals surface area contributed by atoms with Gasteiger partial charge in [-0.15, -0.1) is 11.8 Å². The fourth-order valence-electron chi connectivity index (χ4n) is 2.11. The molecule has 5 nitrogen and oxygen atoms in total. The van der Waals surface area contributed by atoms with Crippen LogP contribution in [0.3, 0.4) is 0 Å². The molecule has 0 aromatic heterocycles. The van der Waals surface area contributed by atoms with Crippen LogP contribution in [0.2, 0.25) is 0 Å². The number of hydrogen-bond acceptors (Lipinski definition) is 4. The van der Waals surface area contributed by atoms with E-state index in [1.165, 1.54) is 25.6 Å². The summed E-state index contributed by atoms with van der Waals surface area (Å²) in [5.74, 6) is -0.250. The SMILES string of the molecule is CC(=O)Nc1ccc(S[C@H](C)C(=O)Nc2ccc(C(C)=O)cc2)cc1. The first kappa shape index (κ1) is 18.7. The molecule has 2 aromatic rings. The van der Waals surface area contributed by atoms with E-state index in [1.807, 2.05) is 19.1 Å². The zero-order valence-electron chi connectivity index (χ0n) is 14.3. The van der Waals surface area contributed by atoms with Gasteiger partial charge in [-0.1, -0.05) is 0 Å². The summed E-state index contributed by atoms with van der Waals surface area (Å²) in [4.78, 5) is 35.5. The Hall–Kier alpha value is -2.60. The Morgan fingerprint density at radius 2 is 1.36 bits per heavy atom. The van der Waals surface area contributed by atoms with Crippen molar-refractivity contribution in [3.8, 4) is 0 Å². The van der Waals surface area contributed by atoms with E-state index in [-0.39, 0.29) is 22.8 Å². The third-order valence-electron chi connectivity index (χ3n) is 3.42. The highest BCUT2D eigenvalue weighted by molar-refractivity contribution is 8.00. The van der Waals surface area contributed by atoms with Crippen LogP contribution in [0.1, 0.15) is 31.1 Å². The smallest absolute Gasteiger partial charge is 0.237 e. The van der Waals surface area contributed by atoms with Crippen molar-refractivity contribution in [3.63, 3.8) is 0 Å². The van der Waals surface area contributed by atoms with E-state index in [0.29, 0.717) is 11.3 Å². The second kappa shape index (κ2) is 8.48. The number of rotatable bonds is 6. The minimum Gasteiger partial charge on any atom is -0.326 e. The van der Waals surface area contributed by atoms with E-state index in [9.17, 15) is 14.4 Å². The molecular formula is C19H20N2O3S. The molecule has 0 bridgehead atoms. The molecule has 1 atom stereocenters. The largest absolute Gasteiger partial charge is 0.326 e. The maximum Gasteiger partial charge on any atom is 0.237 e. The average Bonchev–Trinajstić information content (AvgIpc) is 2.56. The molecule has 6 heteroatoms. The summed E-state index contributed by atoms with van der Waals surface area (Å²) < 4.78 is 0. The molecule has 0 aliphatic carbocycles. The first-order valence-electron chi connectivity index (χ1n) is 7.81. The highest BCUT2D eigenvalue weighted by Gasteiger charge is 2.14. The molecule has 2 rings (SSSR count). The summed E-state index contributed by atoms with van der Waals surface area (Å²) in [7, 11) is 0. The first-order valence-corrected chi connectivity index (χ1v) is 8.69. The molecule has 0 saturated carbocycles. The van der Waals surface area contributed by atoms with Crippen LogP contribution < -0.4 is 10.6 Å². The number of hydrogen-bond donors (Lipinski definition) is 2. The zero-order valence-corrected chi connectivity index (χ0v) is 15.1. The van der Waals surface area contributed by atoms with E-state index in [2.05, 4.69) is 10.6 Å². The lowest BCUT2D eigenvalue weighted by Crippen LogP contribution is -2.22. The van der Waals surface area contributed by atoms with Crippen molar-refractivity contribution in [2.24, 2.45) is 0 Å². The quantitative estimate of drug-likeness (QED) is 0.607. The lowest BCUT2D eigenvalue weighted by molar-refractivity contribution is -0.115. The van der Waals surface area contributed by atoms with Crippen molar-refractivity contribution in [1.29, 1.82) is 0 Å². The van der Waals surface area contributed by atoms with E-state index in [0.717, 1.165) is 10.6 Å². The number of anilines is 2. The second-order valence-electron chi connectivity index (χ2n) is 5.59. The van der Waals surface area contributed by atoms with Gasteiger partial charge in [-0.3, -0.25) is 14.4 Å². The minimum atomic E-state index is -0.293. The molecule has 25 heavy (non-hydrogen) atoms. The maximum absolute atomic E-state index is 12.3. The summed E-state index contributed by atoms with van der Waals surface area (Å²) in [5.41, 5.74) is 1.99. The van der Waals surface area contributed by atoms with Crippen LogP contribution in [0.25, 0.3) is 0 Å². The number of ketones is 1. The molecule has 2 N–H and O–H groups in total. The van der Waals surface area contributed by atoms with Crippen LogP contribution >= 0.6 is 11.8 Å². The fourth-order valence-corrected chi connectivity index (χ4v) is 2.98. The van der Waals surface area contributed by atoms with Gasteiger partial charge in [0.15, 0.2) is 5.78 Å². The monoisotopic (exact) mass is 356 g/mol. The van der Waals surface area contributed by atoms with Crippen LogP contribution in [-0.4, -0.2) is 22.8 Å². The summed E-state index contributed by atoms with van der Waals surface area (Å²) in [6, 6.07) is 14.1. The molecule has 0 heterocycles. The van der Waals surface area contributed by atoms with Gasteiger partial charge in [0.05, 0.1) is 5.25 Å². The lowest BCUT2D eigenvalue weighted by atomic mass is 10.1. The summed E-state index contributed by atoms with van der Waals surface area (Å²) in [6.45, 7) is 4.78. The van der Waals surface area contributed by atoms with Crippen LogP contribution in [-0.2, 0) is 9.59 Å². The molecular weight excluding hydrogens is 336 g/mol. The number of Topliss-reactive ketones (excluding diaryl/α,β-unsaturated/α-hetero) is 1. The summed E-state index contributed by atoms with van der Waals surface area (Å²) >= 11 is 1.43. The first-order chi connectivity index (χ1) is 11.8. The fraction of sp³-hybridized carbons (Fsp3) is 0.211. The average molecular weight is 356 g/mol. The van der Waals surface area contributed by atoms with Crippen molar-refractivity contribution in [2.45, 2.75) is 30.9 Å². The molecule has 2 amide bonds. The zero-order chi connectivity index (χ0) is 18.4. The molecule has 2 aromatic carbocycles. The topological polar surface area (TPSA) is 75.3 Å². The number of benzene rings is 2. The van der Waals surface area contributed by atoms with Crippen LogP contribution in [0.4, 0.5) is 11.4 Å². The van der Waals surface area contributed by atoms with E-state index in [4.69, 9.17) is 0 Å². The van der Waals surface area contributed by atoms with Crippen molar-refractivity contribution in [2.75, 3.05) is 10.6 Å². The van der Waals surface area contributed by atoms with Gasteiger partial charge in [-0.05, 0) is 62.4 Å². The maximum atomic E-state index is 12.3. The molecule has 0 spiro atoms. The van der Waals surface area contributed by atoms with Gasteiger partial charge < -0.3 is 10.6 Å². The van der Waals surface area contributed by atoms with Gasteiger partial charge in [0.2, 0.25) is 11.8 Å². The predicted molar refractivity (Wildman–Crippen MR) is 101 cm³/mol. The van der Waals surface area contributed by atoms with E-state index < -0.39 is 0 Å². The third-order valence-corrected chi connectivity index (χ3v) is 4.53. The second-order valence-corrected chi connectivity index (χ2v) is 7.00. The van der Waals surface area contributed by atoms with Crippen molar-refractivity contribution in [1.82, 2.24) is 0 Å². The standard InChI is InChI=1S/C19H20N2O3S/c1-12(22)15-4-6-17(7-5-15)21-19(24)13(2)25-18-10-8-16(9-11-18)20-14(3)23/h4-11,13H,1-3H3,(H,20,23)(H,21,24)/t13-/m1/s1. The van der Waals surface area contributed by atoms with Gasteiger partial charge in [0, 0.05) is 28.8 Å². The Labute approximate surface area is 151 Å². The highest BCUT2D eigenvalue weighted by Crippen LogP contribution is 2.25. The number of nitrogens with one attached hydrogen (secondary N) is 2. The Kier molecular flexibility index (Phi) is 6.36. The Bertz CT molecular complexity index is 770. The van der Waals surface area contributed by atoms with Gasteiger partial charge in [-0.2, -0.15) is 0 Å². The van der Waals surface area contributed by atoms with Gasteiger partial charge in [-0.25, -0.2) is 0 Å². The molecule has 0 saturated heterocycles. The van der Waals surface area contributed by atoms with Gasteiger partial charge >= 0.3 is 0 Å². The van der Waals surface area contributed by atoms with Crippen molar-refractivity contribution < 1.29 is 14.4 Å².